The molecule has 0 aromatic rings. The second kappa shape index (κ2) is 29.8. The standard InChI is InChI=1S/C30H59BO5.C2H6/c1-3-4-5-6-7-8-9-10-11-12-13-14-15-16-17-18-19-20-21-22-23-34-24-25-35-29-28(33-2)27(26-32)36-30(29)31;1-2/h27-30,32H,3-26H2,1-2H3;1-2H3. The van der Waals surface area contributed by atoms with Crippen molar-refractivity contribution in [1.82, 2.24) is 0 Å². The number of hydrogen-bond donors (Lipinski definition) is 1. The van der Waals surface area contributed by atoms with Crippen LogP contribution in [-0.2, 0) is 18.9 Å². The van der Waals surface area contributed by atoms with Crippen LogP contribution >= 0.6 is 0 Å². The summed E-state index contributed by atoms with van der Waals surface area (Å²) in [6.07, 6.45) is 26.8. The fourth-order valence-corrected chi connectivity index (χ4v) is 5.18. The summed E-state index contributed by atoms with van der Waals surface area (Å²) in [4.78, 5) is 0. The Balaban J connectivity index is 0.00000667. The third-order valence-electron chi connectivity index (χ3n) is 7.48. The first-order valence-electron chi connectivity index (χ1n) is 16.5. The molecular formula is C32H65BO5. The lowest BCUT2D eigenvalue weighted by atomic mass is 9.93. The molecule has 0 spiro atoms. The third kappa shape index (κ3) is 20.7. The SMILES string of the molecule is CC.[B]C1OC(CO)C(OC)C1OCCOCCCCCCCCCCCCCCCCCCCCCC. The van der Waals surface area contributed by atoms with Gasteiger partial charge in [0.05, 0.1) is 19.8 Å². The number of rotatable bonds is 27. The second-order valence-electron chi connectivity index (χ2n) is 10.7. The van der Waals surface area contributed by atoms with Gasteiger partial charge in [0.2, 0.25) is 0 Å². The Morgan fingerprint density at radius 3 is 1.42 bits per heavy atom. The smallest absolute Gasteiger partial charge is 0.113 e. The Kier molecular flexibility index (Phi) is 29.7. The first-order chi connectivity index (χ1) is 18.7. The Bertz CT molecular complexity index is 454. The average molecular weight is 541 g/mol. The van der Waals surface area contributed by atoms with Gasteiger partial charge in [-0.15, -0.1) is 0 Å². The molecule has 0 aliphatic carbocycles. The molecule has 1 N–H and O–H groups in total. The summed E-state index contributed by atoms with van der Waals surface area (Å²) >= 11 is 0. The molecule has 2 radical (unpaired) electrons. The van der Waals surface area contributed by atoms with Gasteiger partial charge in [-0.1, -0.05) is 143 Å². The highest BCUT2D eigenvalue weighted by atomic mass is 16.6. The van der Waals surface area contributed by atoms with Crippen molar-refractivity contribution in [2.45, 2.75) is 174 Å². The van der Waals surface area contributed by atoms with Crippen molar-refractivity contribution < 1.29 is 24.1 Å². The monoisotopic (exact) mass is 540 g/mol. The largest absolute Gasteiger partial charge is 0.394 e. The van der Waals surface area contributed by atoms with Gasteiger partial charge in [0, 0.05) is 19.7 Å². The van der Waals surface area contributed by atoms with Gasteiger partial charge in [-0.3, -0.25) is 0 Å². The van der Waals surface area contributed by atoms with E-state index >= 15 is 0 Å². The molecule has 1 saturated heterocycles. The second-order valence-corrected chi connectivity index (χ2v) is 10.7. The predicted octanol–water partition coefficient (Wildman–Crippen LogP) is 8.14. The Morgan fingerprint density at radius 2 is 1.03 bits per heavy atom. The number of aliphatic hydroxyl groups excluding tert-OH is 1. The lowest BCUT2D eigenvalue weighted by Crippen LogP contribution is -2.38. The summed E-state index contributed by atoms with van der Waals surface area (Å²) in [6, 6.07) is -0.573. The summed E-state index contributed by atoms with van der Waals surface area (Å²) in [5.41, 5.74) is 0. The number of methoxy groups -OCH3 is 1. The van der Waals surface area contributed by atoms with E-state index in [4.69, 9.17) is 26.8 Å². The molecule has 0 amide bonds. The van der Waals surface area contributed by atoms with Crippen molar-refractivity contribution in [3.05, 3.63) is 0 Å². The van der Waals surface area contributed by atoms with Gasteiger partial charge in [0.1, 0.15) is 26.2 Å². The van der Waals surface area contributed by atoms with Gasteiger partial charge in [-0.25, -0.2) is 0 Å². The maximum Gasteiger partial charge on any atom is 0.113 e. The van der Waals surface area contributed by atoms with Crippen molar-refractivity contribution in [2.24, 2.45) is 0 Å². The van der Waals surface area contributed by atoms with Crippen LogP contribution in [0, 0.1) is 0 Å². The Morgan fingerprint density at radius 1 is 0.605 bits per heavy atom. The van der Waals surface area contributed by atoms with Gasteiger partial charge in [0.15, 0.2) is 0 Å². The van der Waals surface area contributed by atoms with Crippen molar-refractivity contribution in [1.29, 1.82) is 0 Å². The van der Waals surface area contributed by atoms with E-state index in [1.54, 1.807) is 7.11 Å². The van der Waals surface area contributed by atoms with E-state index in [2.05, 4.69) is 6.92 Å². The molecule has 1 fully saturated rings. The molecule has 4 unspecified atom stereocenters. The van der Waals surface area contributed by atoms with E-state index in [1.807, 2.05) is 13.8 Å². The maximum atomic E-state index is 9.32. The van der Waals surface area contributed by atoms with Crippen molar-refractivity contribution in [3.63, 3.8) is 0 Å². The lowest BCUT2D eigenvalue weighted by Gasteiger charge is -2.22. The molecule has 4 atom stereocenters. The first kappa shape index (κ1) is 37.9. The van der Waals surface area contributed by atoms with Crippen LogP contribution in [0.2, 0.25) is 0 Å². The van der Waals surface area contributed by atoms with Crippen LogP contribution in [0.15, 0.2) is 0 Å². The minimum absolute atomic E-state index is 0.123. The molecule has 0 saturated carbocycles. The van der Waals surface area contributed by atoms with Crippen LogP contribution < -0.4 is 0 Å². The average Bonchev–Trinajstić information content (AvgIpc) is 3.26. The van der Waals surface area contributed by atoms with E-state index in [9.17, 15) is 5.11 Å². The van der Waals surface area contributed by atoms with Gasteiger partial charge in [-0.05, 0) is 6.42 Å². The molecule has 1 heterocycles. The number of unbranched alkanes of at least 4 members (excludes halogenated alkanes) is 19. The highest BCUT2D eigenvalue weighted by Gasteiger charge is 2.42. The van der Waals surface area contributed by atoms with Gasteiger partial charge in [-0.2, -0.15) is 0 Å². The molecule has 5 nitrogen and oxygen atoms in total. The van der Waals surface area contributed by atoms with Crippen LogP contribution in [-0.4, -0.2) is 70.8 Å². The maximum absolute atomic E-state index is 9.32. The summed E-state index contributed by atoms with van der Waals surface area (Å²) in [6.45, 7) is 7.95. The number of ether oxygens (including phenoxy) is 4. The Labute approximate surface area is 238 Å². The van der Waals surface area contributed by atoms with E-state index in [0.29, 0.717) is 13.2 Å². The quantitative estimate of drug-likeness (QED) is 0.0842. The minimum atomic E-state index is -0.573. The summed E-state index contributed by atoms with van der Waals surface area (Å²) in [7, 11) is 7.52. The molecular weight excluding hydrogens is 475 g/mol. The number of aliphatic hydroxyl groups is 1. The lowest BCUT2D eigenvalue weighted by molar-refractivity contribution is -0.0631. The van der Waals surface area contributed by atoms with E-state index in [-0.39, 0.29) is 18.8 Å². The fraction of sp³-hybridized carbons (Fsp3) is 1.00. The van der Waals surface area contributed by atoms with E-state index in [1.165, 1.54) is 122 Å². The fourth-order valence-electron chi connectivity index (χ4n) is 5.18. The van der Waals surface area contributed by atoms with Crippen LogP contribution in [0.5, 0.6) is 0 Å². The Hall–Kier alpha value is -0.135. The van der Waals surface area contributed by atoms with Crippen molar-refractivity contribution in [3.8, 4) is 0 Å². The van der Waals surface area contributed by atoms with Gasteiger partial charge < -0.3 is 24.1 Å². The van der Waals surface area contributed by atoms with Crippen LogP contribution in [0.1, 0.15) is 149 Å². The van der Waals surface area contributed by atoms with E-state index in [0.717, 1.165) is 13.0 Å². The molecule has 0 aromatic heterocycles. The summed E-state index contributed by atoms with van der Waals surface area (Å²) < 4.78 is 22.3. The minimum Gasteiger partial charge on any atom is -0.394 e. The van der Waals surface area contributed by atoms with Crippen LogP contribution in [0.3, 0.4) is 0 Å². The first-order valence-corrected chi connectivity index (χ1v) is 16.5. The molecule has 1 aliphatic heterocycles. The van der Waals surface area contributed by atoms with Crippen molar-refractivity contribution in [2.75, 3.05) is 33.5 Å². The van der Waals surface area contributed by atoms with Gasteiger partial charge in [0.25, 0.3) is 0 Å². The zero-order valence-corrected chi connectivity index (χ0v) is 25.9. The van der Waals surface area contributed by atoms with Crippen molar-refractivity contribution >= 4 is 7.85 Å². The van der Waals surface area contributed by atoms with E-state index < -0.39 is 12.1 Å². The third-order valence-corrected chi connectivity index (χ3v) is 7.48. The van der Waals surface area contributed by atoms with Crippen LogP contribution in [0.4, 0.5) is 0 Å². The highest BCUT2D eigenvalue weighted by molar-refractivity contribution is 6.11. The molecule has 38 heavy (non-hydrogen) atoms. The summed E-state index contributed by atoms with van der Waals surface area (Å²) in [5, 5.41) is 9.32. The zero-order valence-electron chi connectivity index (χ0n) is 25.9. The molecule has 1 rings (SSSR count). The normalized spacial score (nSPS) is 21.0. The molecule has 1 aliphatic rings. The van der Waals surface area contributed by atoms with Crippen LogP contribution in [0.25, 0.3) is 0 Å². The summed E-state index contributed by atoms with van der Waals surface area (Å²) in [5.74, 6) is 0. The highest BCUT2D eigenvalue weighted by Crippen LogP contribution is 2.24. The topological polar surface area (TPSA) is 57.2 Å². The molecule has 226 valence electrons. The predicted molar refractivity (Wildman–Crippen MR) is 162 cm³/mol. The molecule has 0 aromatic carbocycles. The van der Waals surface area contributed by atoms with Gasteiger partial charge >= 0.3 is 0 Å². The zero-order chi connectivity index (χ0) is 28.1. The number of hydrogen-bond acceptors (Lipinski definition) is 5. The molecule has 6 heteroatoms. The molecule has 0 bridgehead atoms.